The molecule has 0 aromatic carbocycles. The van der Waals surface area contributed by atoms with E-state index in [1.807, 2.05) is 0 Å². The average molecular weight is 126 g/mol. The quantitative estimate of drug-likeness (QED) is 0.487. The van der Waals surface area contributed by atoms with Gasteiger partial charge in [-0.2, -0.15) is 0 Å². The van der Waals surface area contributed by atoms with Crippen LogP contribution in [0.2, 0.25) is 0 Å². The third kappa shape index (κ3) is 0.775. The fraction of sp³-hybridized carbons (Fsp3) is 1.00. The lowest BCUT2D eigenvalue weighted by molar-refractivity contribution is 0.212. The molecule has 0 bridgehead atoms. The van der Waals surface area contributed by atoms with Gasteiger partial charge in [0.1, 0.15) is 0 Å². The first-order chi connectivity index (χ1) is 4.31. The highest BCUT2D eigenvalue weighted by Gasteiger charge is 2.41. The lowest BCUT2D eigenvalue weighted by atomic mass is 9.86. The Kier molecular flexibility index (Phi) is 1.08. The zero-order valence-corrected chi connectivity index (χ0v) is 5.69. The number of hydrogen-bond donors (Lipinski definition) is 2. The predicted molar refractivity (Wildman–Crippen MR) is 37.2 cm³/mol. The molecule has 2 nitrogen and oxygen atoms in total. The molecule has 3 N–H and O–H groups in total. The Bertz CT molecular complexity index is 118. The largest absolute Gasteiger partial charge is 0.328 e. The predicted octanol–water partition coefficient (Wildman–Crippen LogP) is 0.230. The van der Waals surface area contributed by atoms with Crippen LogP contribution < -0.4 is 11.1 Å². The van der Waals surface area contributed by atoms with Gasteiger partial charge in [-0.3, -0.25) is 0 Å². The second-order valence-electron chi connectivity index (χ2n) is 3.46. The van der Waals surface area contributed by atoms with Crippen molar-refractivity contribution in [2.75, 3.05) is 6.54 Å². The van der Waals surface area contributed by atoms with Crippen LogP contribution in [0.1, 0.15) is 25.7 Å². The van der Waals surface area contributed by atoms with Crippen LogP contribution in [0.3, 0.4) is 0 Å². The lowest BCUT2D eigenvalue weighted by Gasteiger charge is -2.40. The van der Waals surface area contributed by atoms with E-state index in [1.54, 1.807) is 0 Å². The van der Waals surface area contributed by atoms with Gasteiger partial charge in [-0.15, -0.1) is 0 Å². The van der Waals surface area contributed by atoms with E-state index < -0.39 is 0 Å². The molecule has 2 atom stereocenters. The summed E-state index contributed by atoms with van der Waals surface area (Å²) >= 11 is 0. The molecule has 2 heteroatoms. The van der Waals surface area contributed by atoms with Crippen LogP contribution in [0.25, 0.3) is 0 Å². The van der Waals surface area contributed by atoms with Gasteiger partial charge < -0.3 is 11.1 Å². The van der Waals surface area contributed by atoms with E-state index in [2.05, 4.69) is 5.32 Å². The second-order valence-corrected chi connectivity index (χ2v) is 3.46. The van der Waals surface area contributed by atoms with Gasteiger partial charge in [-0.05, 0) is 32.2 Å². The molecule has 1 saturated heterocycles. The third-order valence-electron chi connectivity index (χ3n) is 2.75. The minimum absolute atomic E-state index is 0.484. The summed E-state index contributed by atoms with van der Waals surface area (Å²) in [7, 11) is 0. The number of rotatable bonds is 0. The van der Waals surface area contributed by atoms with Crippen LogP contribution in [-0.2, 0) is 0 Å². The Labute approximate surface area is 55.8 Å². The van der Waals surface area contributed by atoms with Crippen molar-refractivity contribution in [3.05, 3.63) is 0 Å². The molecule has 0 unspecified atom stereocenters. The second kappa shape index (κ2) is 1.70. The van der Waals surface area contributed by atoms with Crippen LogP contribution in [-0.4, -0.2) is 18.1 Å². The van der Waals surface area contributed by atoms with Crippen molar-refractivity contribution in [3.63, 3.8) is 0 Å². The SMILES string of the molecule is N[C@@H]1CC[C@]2(CCN2)C1. The smallest absolute Gasteiger partial charge is 0.0208 e. The van der Waals surface area contributed by atoms with Crippen LogP contribution in [0.4, 0.5) is 0 Å². The van der Waals surface area contributed by atoms with Crippen LogP contribution >= 0.6 is 0 Å². The Morgan fingerprint density at radius 3 is 2.44 bits per heavy atom. The van der Waals surface area contributed by atoms with Gasteiger partial charge in [-0.1, -0.05) is 0 Å². The summed E-state index contributed by atoms with van der Waals surface area (Å²) in [6.07, 6.45) is 5.12. The van der Waals surface area contributed by atoms with Crippen molar-refractivity contribution in [2.45, 2.75) is 37.3 Å². The molecule has 2 aliphatic rings. The summed E-state index contributed by atoms with van der Waals surface area (Å²) in [4.78, 5) is 0. The van der Waals surface area contributed by atoms with E-state index in [-0.39, 0.29) is 0 Å². The summed E-state index contributed by atoms with van der Waals surface area (Å²) in [5.41, 5.74) is 6.29. The highest BCUT2D eigenvalue weighted by atomic mass is 15.1. The molecule has 0 radical (unpaired) electrons. The van der Waals surface area contributed by atoms with Gasteiger partial charge in [-0.25, -0.2) is 0 Å². The zero-order chi connectivity index (χ0) is 6.32. The molecule has 0 aromatic rings. The van der Waals surface area contributed by atoms with Gasteiger partial charge in [0.15, 0.2) is 0 Å². The molecule has 1 aliphatic heterocycles. The minimum Gasteiger partial charge on any atom is -0.328 e. The number of nitrogens with one attached hydrogen (secondary N) is 1. The molecule has 1 spiro atoms. The van der Waals surface area contributed by atoms with Crippen LogP contribution in [0.15, 0.2) is 0 Å². The number of nitrogens with two attached hydrogens (primary N) is 1. The van der Waals surface area contributed by atoms with E-state index in [1.165, 1.54) is 32.2 Å². The van der Waals surface area contributed by atoms with Crippen molar-refractivity contribution in [1.82, 2.24) is 5.32 Å². The van der Waals surface area contributed by atoms with Gasteiger partial charge in [0.05, 0.1) is 0 Å². The maximum atomic E-state index is 5.78. The van der Waals surface area contributed by atoms with E-state index in [0.717, 1.165) is 0 Å². The van der Waals surface area contributed by atoms with E-state index in [9.17, 15) is 0 Å². The molecule has 0 amide bonds. The Hall–Kier alpha value is -0.0800. The first-order valence-corrected chi connectivity index (χ1v) is 3.81. The molecule has 9 heavy (non-hydrogen) atoms. The zero-order valence-electron chi connectivity index (χ0n) is 5.69. The third-order valence-corrected chi connectivity index (χ3v) is 2.75. The summed E-state index contributed by atoms with van der Waals surface area (Å²) < 4.78 is 0. The fourth-order valence-electron chi connectivity index (χ4n) is 2.03. The normalized spacial score (nSPS) is 49.7. The Balaban J connectivity index is 1.99. The first kappa shape index (κ1) is 5.69. The van der Waals surface area contributed by atoms with E-state index in [4.69, 9.17) is 5.73 Å². The number of hydrogen-bond acceptors (Lipinski definition) is 2. The van der Waals surface area contributed by atoms with E-state index >= 15 is 0 Å². The summed E-state index contributed by atoms with van der Waals surface area (Å²) in [5.74, 6) is 0. The Morgan fingerprint density at radius 2 is 2.22 bits per heavy atom. The standard InChI is InChI=1S/C7H14N2/c8-6-1-2-7(5-6)3-4-9-7/h6,9H,1-5,8H2/t6-,7+/m1/s1. The molecular weight excluding hydrogens is 112 g/mol. The van der Waals surface area contributed by atoms with Crippen molar-refractivity contribution in [2.24, 2.45) is 5.73 Å². The summed E-state index contributed by atoms with van der Waals surface area (Å²) in [6.45, 7) is 1.21. The van der Waals surface area contributed by atoms with Crippen molar-refractivity contribution < 1.29 is 0 Å². The molecule has 1 heterocycles. The fourth-order valence-corrected chi connectivity index (χ4v) is 2.03. The molecule has 1 saturated carbocycles. The molecule has 1 aliphatic carbocycles. The summed E-state index contributed by atoms with van der Waals surface area (Å²) in [6, 6.07) is 0.484. The average Bonchev–Trinajstić information content (AvgIpc) is 2.09. The monoisotopic (exact) mass is 126 g/mol. The minimum atomic E-state index is 0.484. The topological polar surface area (TPSA) is 38.0 Å². The van der Waals surface area contributed by atoms with Gasteiger partial charge in [0, 0.05) is 11.6 Å². The van der Waals surface area contributed by atoms with Crippen LogP contribution in [0, 0.1) is 0 Å². The van der Waals surface area contributed by atoms with Gasteiger partial charge in [0.2, 0.25) is 0 Å². The van der Waals surface area contributed by atoms with Gasteiger partial charge in [0.25, 0.3) is 0 Å². The highest BCUT2D eigenvalue weighted by Crippen LogP contribution is 2.36. The molecule has 0 aromatic heterocycles. The molecule has 2 fully saturated rings. The Morgan fingerprint density at radius 1 is 1.44 bits per heavy atom. The van der Waals surface area contributed by atoms with E-state index in [0.29, 0.717) is 11.6 Å². The maximum Gasteiger partial charge on any atom is 0.0208 e. The molecular formula is C7H14N2. The van der Waals surface area contributed by atoms with Crippen molar-refractivity contribution in [3.8, 4) is 0 Å². The summed E-state index contributed by atoms with van der Waals surface area (Å²) in [5, 5.41) is 3.47. The highest BCUT2D eigenvalue weighted by molar-refractivity contribution is 5.03. The van der Waals surface area contributed by atoms with Crippen LogP contribution in [0.5, 0.6) is 0 Å². The van der Waals surface area contributed by atoms with Gasteiger partial charge >= 0.3 is 0 Å². The maximum absolute atomic E-state index is 5.78. The lowest BCUT2D eigenvalue weighted by Crippen LogP contribution is -2.55. The first-order valence-electron chi connectivity index (χ1n) is 3.81. The molecule has 2 rings (SSSR count). The molecule has 52 valence electrons. The van der Waals surface area contributed by atoms with Crippen molar-refractivity contribution in [1.29, 1.82) is 0 Å². The van der Waals surface area contributed by atoms with Crippen molar-refractivity contribution >= 4 is 0 Å².